The van der Waals surface area contributed by atoms with Gasteiger partial charge in [-0.05, 0) is 12.1 Å². The molecule has 170 valence electrons. The summed E-state index contributed by atoms with van der Waals surface area (Å²) >= 11 is 0. The molecule has 0 aliphatic carbocycles. The zero-order valence-electron chi connectivity index (χ0n) is 16.0. The maximum Gasteiger partial charge on any atom is 0.229 e. The number of ether oxygens (including phenoxy) is 4. The van der Waals surface area contributed by atoms with Crippen molar-refractivity contribution < 1.29 is 60.4 Å². The topological polar surface area (TPSA) is 206 Å². The molecule has 0 bridgehead atoms. The molecule has 2 saturated heterocycles. The van der Waals surface area contributed by atoms with Crippen molar-refractivity contribution >= 4 is 5.69 Å². The van der Waals surface area contributed by atoms with Gasteiger partial charge in [0.1, 0.15) is 54.2 Å². The molecular formula is C18H28NO11+. The van der Waals surface area contributed by atoms with Crippen LogP contribution < -0.4 is 10.5 Å². The molecule has 0 spiro atoms. The summed E-state index contributed by atoms with van der Waals surface area (Å²) in [5.41, 5.74) is 4.48. The molecular weight excluding hydrogens is 406 g/mol. The first-order valence-corrected chi connectivity index (χ1v) is 9.44. The van der Waals surface area contributed by atoms with E-state index in [-0.39, 0.29) is 0 Å². The summed E-state index contributed by atoms with van der Waals surface area (Å²) in [6.07, 6.45) is -14.9. The Kier molecular flexibility index (Phi) is 7.60. The minimum atomic E-state index is -1.73. The van der Waals surface area contributed by atoms with Gasteiger partial charge in [0, 0.05) is 12.1 Å². The minimum absolute atomic E-state index is 0.315. The highest BCUT2D eigenvalue weighted by Gasteiger charge is 2.51. The number of quaternary nitrogens is 1. The van der Waals surface area contributed by atoms with Crippen LogP contribution in [0.2, 0.25) is 0 Å². The van der Waals surface area contributed by atoms with Crippen molar-refractivity contribution in [1.82, 2.24) is 0 Å². The predicted molar refractivity (Wildman–Crippen MR) is 96.0 cm³/mol. The first kappa shape index (κ1) is 23.2. The Balaban J connectivity index is 1.81. The Hall–Kier alpha value is -1.42. The van der Waals surface area contributed by atoms with Crippen LogP contribution >= 0.6 is 0 Å². The van der Waals surface area contributed by atoms with Gasteiger partial charge in [0.2, 0.25) is 6.29 Å². The smallest absolute Gasteiger partial charge is 0.229 e. The van der Waals surface area contributed by atoms with Gasteiger partial charge in [-0.1, -0.05) is 0 Å². The molecule has 1 aromatic carbocycles. The van der Waals surface area contributed by atoms with Crippen LogP contribution in [-0.4, -0.2) is 110 Å². The fraction of sp³-hybridized carbons (Fsp3) is 0.667. The Morgan fingerprint density at radius 2 is 1.27 bits per heavy atom. The summed E-state index contributed by atoms with van der Waals surface area (Å²) < 4.78 is 22.1. The molecule has 0 radical (unpaired) electrons. The summed E-state index contributed by atoms with van der Waals surface area (Å²) in [6.45, 7) is -1.27. The highest BCUT2D eigenvalue weighted by atomic mass is 16.8. The van der Waals surface area contributed by atoms with Crippen LogP contribution in [-0.2, 0) is 14.2 Å². The minimum Gasteiger partial charge on any atom is -0.462 e. The molecule has 2 heterocycles. The molecule has 1 aromatic rings. The monoisotopic (exact) mass is 434 g/mol. The summed E-state index contributed by atoms with van der Waals surface area (Å²) in [5, 5.41) is 69.5. The third-order valence-electron chi connectivity index (χ3n) is 5.14. The summed E-state index contributed by atoms with van der Waals surface area (Å²) in [4.78, 5) is 0. The number of aliphatic hydroxyl groups excluding tert-OH is 7. The molecule has 2 fully saturated rings. The van der Waals surface area contributed by atoms with Crippen molar-refractivity contribution in [1.29, 1.82) is 0 Å². The van der Waals surface area contributed by atoms with Crippen LogP contribution in [0.3, 0.4) is 0 Å². The van der Waals surface area contributed by atoms with Gasteiger partial charge in [0.25, 0.3) is 0 Å². The van der Waals surface area contributed by atoms with Gasteiger partial charge in [-0.3, -0.25) is 0 Å². The van der Waals surface area contributed by atoms with Crippen LogP contribution in [0.1, 0.15) is 0 Å². The van der Waals surface area contributed by atoms with E-state index in [9.17, 15) is 35.7 Å². The molecule has 0 aromatic heterocycles. The average molecular weight is 434 g/mol. The zero-order chi connectivity index (χ0) is 22.0. The predicted octanol–water partition coefficient (Wildman–Crippen LogP) is -4.44. The van der Waals surface area contributed by atoms with E-state index >= 15 is 0 Å². The van der Waals surface area contributed by atoms with Gasteiger partial charge >= 0.3 is 0 Å². The van der Waals surface area contributed by atoms with Gasteiger partial charge in [0.05, 0.1) is 13.2 Å². The van der Waals surface area contributed by atoms with Crippen LogP contribution in [0, 0.1) is 0 Å². The van der Waals surface area contributed by atoms with Crippen molar-refractivity contribution in [2.24, 2.45) is 0 Å². The Bertz CT molecular complexity index is 675. The lowest BCUT2D eigenvalue weighted by Crippen LogP contribution is -2.65. The van der Waals surface area contributed by atoms with Crippen LogP contribution in [0.15, 0.2) is 24.3 Å². The Morgan fingerprint density at radius 3 is 1.83 bits per heavy atom. The normalized spacial score (nSPS) is 42.1. The maximum absolute atomic E-state index is 10.5. The van der Waals surface area contributed by atoms with E-state index in [1.807, 2.05) is 0 Å². The third kappa shape index (κ3) is 4.74. The second kappa shape index (κ2) is 9.80. The van der Waals surface area contributed by atoms with E-state index in [4.69, 9.17) is 18.9 Å². The summed E-state index contributed by atoms with van der Waals surface area (Å²) in [5.74, 6) is 0.315. The molecule has 12 nitrogen and oxygen atoms in total. The molecule has 3 rings (SSSR count). The van der Waals surface area contributed by atoms with Crippen molar-refractivity contribution in [3.05, 3.63) is 24.3 Å². The zero-order valence-corrected chi connectivity index (χ0v) is 16.0. The van der Waals surface area contributed by atoms with E-state index in [0.717, 1.165) is 5.69 Å². The first-order valence-electron chi connectivity index (χ1n) is 9.44. The van der Waals surface area contributed by atoms with Crippen molar-refractivity contribution in [3.63, 3.8) is 0 Å². The Morgan fingerprint density at radius 1 is 0.733 bits per heavy atom. The number of aliphatic hydroxyl groups is 7. The summed E-state index contributed by atoms with van der Waals surface area (Å²) in [6, 6.07) is 6.50. The summed E-state index contributed by atoms with van der Waals surface area (Å²) in [7, 11) is 0. The van der Waals surface area contributed by atoms with Crippen molar-refractivity contribution in [3.8, 4) is 5.75 Å². The molecule has 0 unspecified atom stereocenters. The van der Waals surface area contributed by atoms with Gasteiger partial charge in [-0.15, -0.1) is 0 Å². The van der Waals surface area contributed by atoms with E-state index in [2.05, 4.69) is 5.73 Å². The second-order valence-electron chi connectivity index (χ2n) is 7.27. The molecule has 30 heavy (non-hydrogen) atoms. The second-order valence-corrected chi connectivity index (χ2v) is 7.27. The average Bonchev–Trinajstić information content (AvgIpc) is 2.74. The SMILES string of the molecule is [NH3+]c1ccc(O[C@@H]2O[C@H](CO)[C@@H](O)[C@H](O)[C@H]2O[C@@H]2O[C@H](CO)[C@@H](O)[C@H](O)[C@H]2O)cc1. The van der Waals surface area contributed by atoms with Crippen LogP contribution in [0.4, 0.5) is 5.69 Å². The highest BCUT2D eigenvalue weighted by molar-refractivity contribution is 5.34. The number of hydrogen-bond acceptors (Lipinski definition) is 11. The maximum atomic E-state index is 10.5. The van der Waals surface area contributed by atoms with Gasteiger partial charge in [0.15, 0.2) is 12.4 Å². The van der Waals surface area contributed by atoms with Crippen LogP contribution in [0.25, 0.3) is 0 Å². The van der Waals surface area contributed by atoms with E-state index in [1.165, 1.54) is 0 Å². The standard InChI is InChI=1S/C18H27NO11/c19-7-1-3-8(4-2-7)27-18-16(14(25)12(23)10(6-21)29-18)30-17-15(26)13(24)11(22)9(5-20)28-17/h1-4,9-18,20-26H,5-6,19H2/p+1/t9-,10-,11-,12-,13+,14+,15-,16-,17+,18-/m1/s1. The van der Waals surface area contributed by atoms with E-state index < -0.39 is 74.6 Å². The molecule has 12 heteroatoms. The number of benzene rings is 1. The fourth-order valence-electron chi connectivity index (χ4n) is 3.33. The Labute approximate surface area is 171 Å². The van der Waals surface area contributed by atoms with Crippen LogP contribution in [0.5, 0.6) is 5.75 Å². The lowest BCUT2D eigenvalue weighted by Gasteiger charge is -2.45. The molecule has 10 N–H and O–H groups in total. The number of rotatable bonds is 6. The number of hydrogen-bond donors (Lipinski definition) is 8. The van der Waals surface area contributed by atoms with Gasteiger partial charge < -0.3 is 60.4 Å². The third-order valence-corrected chi connectivity index (χ3v) is 5.14. The van der Waals surface area contributed by atoms with Crippen molar-refractivity contribution in [2.75, 3.05) is 13.2 Å². The van der Waals surface area contributed by atoms with Crippen molar-refractivity contribution in [2.45, 2.75) is 61.4 Å². The molecule has 10 atom stereocenters. The van der Waals surface area contributed by atoms with Gasteiger partial charge in [-0.2, -0.15) is 0 Å². The largest absolute Gasteiger partial charge is 0.462 e. The molecule has 0 amide bonds. The van der Waals surface area contributed by atoms with E-state index in [0.29, 0.717) is 5.75 Å². The molecule has 0 saturated carbocycles. The van der Waals surface area contributed by atoms with E-state index in [1.54, 1.807) is 24.3 Å². The lowest BCUT2D eigenvalue weighted by atomic mass is 9.97. The molecule has 2 aliphatic rings. The lowest BCUT2D eigenvalue weighted by molar-refractivity contribution is -0.357. The molecule has 2 aliphatic heterocycles. The fourth-order valence-corrected chi connectivity index (χ4v) is 3.33. The quantitative estimate of drug-likeness (QED) is 0.214. The highest BCUT2D eigenvalue weighted by Crippen LogP contribution is 2.30. The first-order chi connectivity index (χ1) is 14.3. The van der Waals surface area contributed by atoms with Gasteiger partial charge in [-0.25, -0.2) is 0 Å².